The molecule has 0 amide bonds. The summed E-state index contributed by atoms with van der Waals surface area (Å²) in [7, 11) is 0. The molecule has 1 radical (unpaired) electrons. The molecule has 0 saturated heterocycles. The first-order chi connectivity index (χ1) is 27.0. The van der Waals surface area contributed by atoms with E-state index >= 15 is 0 Å². The maximum absolute atomic E-state index is 6.84. The van der Waals surface area contributed by atoms with Crippen molar-refractivity contribution in [2.24, 2.45) is 0 Å². The zero-order valence-electron chi connectivity index (χ0n) is 29.1. The van der Waals surface area contributed by atoms with E-state index < -0.39 is 0 Å². The second kappa shape index (κ2) is 16.6. The van der Waals surface area contributed by atoms with Gasteiger partial charge >= 0.3 is 0 Å². The largest absolute Gasteiger partial charge is 0.355 e. The summed E-state index contributed by atoms with van der Waals surface area (Å²) in [6.07, 6.45) is 7.89. The smallest absolute Gasteiger partial charge is 0.0737 e. The van der Waals surface area contributed by atoms with Gasteiger partial charge in [-0.05, 0) is 126 Å². The summed E-state index contributed by atoms with van der Waals surface area (Å²) in [5.74, 6) is 0. The van der Waals surface area contributed by atoms with Crippen molar-refractivity contribution >= 4 is 139 Å². The van der Waals surface area contributed by atoms with Gasteiger partial charge in [-0.15, -0.1) is 0 Å². The number of benzene rings is 4. The first kappa shape index (κ1) is 40.8. The second-order valence-electron chi connectivity index (χ2n) is 13.0. The van der Waals surface area contributed by atoms with Gasteiger partial charge in [0.15, 0.2) is 0 Å². The summed E-state index contributed by atoms with van der Waals surface area (Å²) < 4.78 is 2.12. The Morgan fingerprint density at radius 1 is 0.404 bits per heavy atom. The molecule has 0 saturated carbocycles. The van der Waals surface area contributed by atoms with Crippen molar-refractivity contribution < 1.29 is 35.6 Å². The number of rotatable bonds is 4. The number of halogens is 8. The van der Waals surface area contributed by atoms with E-state index in [1.807, 2.05) is 103 Å². The van der Waals surface area contributed by atoms with E-state index in [-0.39, 0.29) is 35.6 Å². The zero-order chi connectivity index (χ0) is 38.8. The monoisotopic (exact) mass is 1020 g/mol. The predicted octanol–water partition coefficient (Wildman–Crippen LogP) is 16.3. The number of hydrogen-bond donors (Lipinski definition) is 1. The molecule has 57 heavy (non-hydrogen) atoms. The molecule has 5 heterocycles. The molecule has 9 rings (SSSR count). The Balaban J connectivity index is 0.00000455. The van der Waals surface area contributed by atoms with Crippen molar-refractivity contribution in [3.8, 4) is 39.1 Å². The number of nitrogens with one attached hydrogen (secondary N) is 1. The third-order valence-corrected chi connectivity index (χ3v) is 12.4. The van der Waals surface area contributed by atoms with Gasteiger partial charge < -0.3 is 9.55 Å². The molecule has 0 fully saturated rings. The van der Waals surface area contributed by atoms with Gasteiger partial charge in [-0.3, -0.25) is 0 Å². The number of hydrogen-bond acceptors (Lipinski definition) is 2. The van der Waals surface area contributed by atoms with Crippen LogP contribution in [0.5, 0.6) is 0 Å². The molecule has 0 aliphatic carbocycles. The van der Waals surface area contributed by atoms with Gasteiger partial charge in [0, 0.05) is 69.0 Å². The van der Waals surface area contributed by atoms with E-state index in [4.69, 9.17) is 103 Å². The van der Waals surface area contributed by atoms with Gasteiger partial charge in [0.2, 0.25) is 0 Å². The Kier molecular flexibility index (Phi) is 11.8. The average molecular weight is 1030 g/mol. The zero-order valence-corrected chi connectivity index (χ0v) is 38.7. The molecule has 13 heteroatoms. The summed E-state index contributed by atoms with van der Waals surface area (Å²) >= 11 is 53.5. The third kappa shape index (κ3) is 7.91. The first-order valence-electron chi connectivity index (χ1n) is 17.0. The molecule has 0 spiro atoms. The van der Waals surface area contributed by atoms with Crippen molar-refractivity contribution in [1.29, 1.82) is 0 Å². The van der Waals surface area contributed by atoms with Crippen LogP contribution in [0.3, 0.4) is 0 Å². The Bertz CT molecular complexity index is 3040. The van der Waals surface area contributed by atoms with Gasteiger partial charge in [0.1, 0.15) is 0 Å². The number of aromatic nitrogens is 4. The van der Waals surface area contributed by atoms with Crippen LogP contribution in [0.25, 0.3) is 85.4 Å². The van der Waals surface area contributed by atoms with Crippen LogP contribution in [0.2, 0.25) is 40.2 Å². The van der Waals surface area contributed by atoms with E-state index in [0.717, 1.165) is 61.3 Å². The van der Waals surface area contributed by atoms with E-state index in [9.17, 15) is 0 Å². The van der Waals surface area contributed by atoms with Crippen LogP contribution in [0, 0.1) is 35.6 Å². The van der Waals surface area contributed by atoms with Crippen LogP contribution >= 0.6 is 92.8 Å². The van der Waals surface area contributed by atoms with Crippen molar-refractivity contribution in [2.75, 3.05) is 0 Å². The van der Waals surface area contributed by atoms with Crippen LogP contribution in [0.15, 0.2) is 103 Å². The minimum absolute atomic E-state index is 0. The predicted molar refractivity (Wildman–Crippen MR) is 240 cm³/mol. The van der Waals surface area contributed by atoms with Crippen molar-refractivity contribution in [1.82, 2.24) is 19.5 Å². The van der Waals surface area contributed by atoms with Crippen molar-refractivity contribution in [2.45, 2.75) is 0 Å². The van der Waals surface area contributed by atoms with Gasteiger partial charge in [-0.1, -0.05) is 111 Å². The summed E-state index contributed by atoms with van der Waals surface area (Å²) in [6.45, 7) is 0. The molecule has 8 bridgehead atoms. The summed E-state index contributed by atoms with van der Waals surface area (Å²) in [6, 6.07) is 32.1. The fraction of sp³-hybridized carbons (Fsp3) is 0. The summed E-state index contributed by atoms with van der Waals surface area (Å²) in [5.41, 5.74) is 11.3. The van der Waals surface area contributed by atoms with E-state index in [1.54, 1.807) is 24.3 Å². The summed E-state index contributed by atoms with van der Waals surface area (Å²) in [5, 5.41) is 3.07. The number of nitrogens with zero attached hydrogens (tertiary/aromatic N) is 3. The Morgan fingerprint density at radius 2 is 0.860 bits per heavy atom. The molecular formula is C44H22Cl8LaN4. The van der Waals surface area contributed by atoms with Gasteiger partial charge in [0.25, 0.3) is 0 Å². The van der Waals surface area contributed by atoms with Gasteiger partial charge in [-0.25, -0.2) is 9.97 Å². The number of aromatic amines is 1. The topological polar surface area (TPSA) is 46.5 Å². The fourth-order valence-corrected chi connectivity index (χ4v) is 8.19. The second-order valence-corrected chi connectivity index (χ2v) is 16.3. The summed E-state index contributed by atoms with van der Waals surface area (Å²) in [4.78, 5) is 13.7. The molecule has 4 nitrogen and oxygen atoms in total. The standard InChI is InChI=1S/C44H22Cl8N4.La/c45-31-10-1-22(15-35(31)49)41-39-14-8-28(55-39)19-27-5-4-25(53-27)18-26-6-7-29(54-26)20-40-42(23-2-11-32(46)36(50)16-23)43(24-3-12-33(47)37(51)17-24)44(41)56(40)30-9-13-34(48)38(52)21-30;/h1-21,53H;. The van der Waals surface area contributed by atoms with Crippen LogP contribution in [-0.4, -0.2) is 19.5 Å². The van der Waals surface area contributed by atoms with E-state index in [2.05, 4.69) is 9.55 Å². The number of fused-ring (bicyclic) bond motifs is 8. The Morgan fingerprint density at radius 3 is 1.40 bits per heavy atom. The van der Waals surface area contributed by atoms with Gasteiger partial charge in [0.05, 0.1) is 74.0 Å². The van der Waals surface area contributed by atoms with Gasteiger partial charge in [-0.2, -0.15) is 0 Å². The minimum atomic E-state index is 0. The number of H-pyrrole nitrogens is 1. The van der Waals surface area contributed by atoms with Crippen LogP contribution in [0.1, 0.15) is 22.8 Å². The molecule has 2 aliphatic heterocycles. The molecule has 1 N–H and O–H groups in total. The molecular weight excluding hydrogens is 1010 g/mol. The van der Waals surface area contributed by atoms with E-state index in [1.165, 1.54) is 0 Å². The normalized spacial score (nSPS) is 11.9. The quantitative estimate of drug-likeness (QED) is 0.191. The third-order valence-electron chi connectivity index (χ3n) is 9.45. The molecule has 3 aromatic heterocycles. The molecule has 0 atom stereocenters. The average Bonchev–Trinajstić information content (AvgIpc) is 3.98. The molecule has 277 valence electrons. The van der Waals surface area contributed by atoms with Crippen molar-refractivity contribution in [3.05, 3.63) is 166 Å². The molecule has 4 aromatic carbocycles. The Hall–Kier alpha value is -3.01. The Labute approximate surface area is 395 Å². The van der Waals surface area contributed by atoms with Crippen LogP contribution in [0.4, 0.5) is 0 Å². The minimum Gasteiger partial charge on any atom is -0.355 e. The molecule has 2 aliphatic rings. The van der Waals surface area contributed by atoms with Crippen LogP contribution < -0.4 is 0 Å². The van der Waals surface area contributed by atoms with E-state index in [0.29, 0.717) is 62.8 Å². The fourth-order valence-electron chi connectivity index (χ4n) is 7.00. The van der Waals surface area contributed by atoms with Crippen molar-refractivity contribution in [3.63, 3.8) is 0 Å². The first-order valence-corrected chi connectivity index (χ1v) is 20.0. The maximum Gasteiger partial charge on any atom is 0.0737 e. The SMILES string of the molecule is Clc1ccc(-c2c(-c3ccc(Cl)c(Cl)c3)c3c(-c4ccc(Cl)c(Cl)c4)c4nc(cc5ccc(cc6nc(cc2n3-c2ccc(Cl)c(Cl)c2)C=C6)[nH]5)C=C4)cc1Cl.[La]. The molecule has 7 aromatic rings. The van der Waals surface area contributed by atoms with Crippen LogP contribution in [-0.2, 0) is 0 Å². The maximum atomic E-state index is 6.84. The molecule has 0 unspecified atom stereocenters.